The van der Waals surface area contributed by atoms with Crippen molar-refractivity contribution in [3.05, 3.63) is 36.5 Å². The number of hydrogen-bond donors (Lipinski definition) is 3. The predicted octanol–water partition coefficient (Wildman–Crippen LogP) is 28.6. The van der Waals surface area contributed by atoms with Gasteiger partial charge in [-0.1, -0.05) is 423 Å². The third-order valence-electron chi connectivity index (χ3n) is 20.2. The van der Waals surface area contributed by atoms with Gasteiger partial charge in [-0.05, 0) is 83.5 Å². The standard InChI is InChI=1S/C87H167NO5/c1-3-5-7-9-11-13-15-17-19-21-23-44-47-51-55-59-63-67-71-75-79-85(90)84(83-89)88-86(91)80-76-72-68-64-60-56-52-48-45-41-39-37-35-33-31-29-27-25-24-26-28-30-32-34-36-38-40-42-46-50-54-58-62-66-70-74-78-82-93-87(92)81-77-73-69-65-61-57-53-49-43-22-20-18-16-14-12-10-8-6-4-2/h12,14,18,20,24,26,84-85,89-90H,3-11,13,15-17,19,21-23,25,27-83H2,1-2H3,(H,88,91)/b14-12-,20-18-,26-24-. The number of carbonyl (C=O) groups excluding carboxylic acids is 2. The van der Waals surface area contributed by atoms with E-state index in [4.69, 9.17) is 4.74 Å². The summed E-state index contributed by atoms with van der Waals surface area (Å²) in [6.07, 6.45) is 108. The fourth-order valence-corrected chi connectivity index (χ4v) is 13.7. The van der Waals surface area contributed by atoms with Crippen molar-refractivity contribution in [3.63, 3.8) is 0 Å². The lowest BCUT2D eigenvalue weighted by molar-refractivity contribution is -0.143. The number of aliphatic hydroxyl groups excluding tert-OH is 2. The fraction of sp³-hybridized carbons (Fsp3) is 0.908. The maximum Gasteiger partial charge on any atom is 0.305 e. The molecule has 6 nitrogen and oxygen atoms in total. The van der Waals surface area contributed by atoms with E-state index >= 15 is 0 Å². The van der Waals surface area contributed by atoms with E-state index in [1.807, 2.05) is 0 Å². The van der Waals surface area contributed by atoms with Crippen molar-refractivity contribution in [3.8, 4) is 0 Å². The Morgan fingerprint density at radius 3 is 0.849 bits per heavy atom. The van der Waals surface area contributed by atoms with Crippen LogP contribution in [0.4, 0.5) is 0 Å². The zero-order valence-corrected chi connectivity index (χ0v) is 63.3. The molecule has 3 N–H and O–H groups in total. The van der Waals surface area contributed by atoms with Crippen LogP contribution in [0.5, 0.6) is 0 Å². The van der Waals surface area contributed by atoms with Gasteiger partial charge in [-0.25, -0.2) is 0 Å². The molecule has 0 saturated heterocycles. The van der Waals surface area contributed by atoms with Gasteiger partial charge in [0, 0.05) is 12.8 Å². The second-order valence-electron chi connectivity index (χ2n) is 29.5. The van der Waals surface area contributed by atoms with Crippen molar-refractivity contribution in [2.75, 3.05) is 13.2 Å². The van der Waals surface area contributed by atoms with Crippen molar-refractivity contribution >= 4 is 11.9 Å². The van der Waals surface area contributed by atoms with E-state index in [-0.39, 0.29) is 18.5 Å². The topological polar surface area (TPSA) is 95.9 Å². The molecule has 550 valence electrons. The van der Waals surface area contributed by atoms with Crippen molar-refractivity contribution in [2.24, 2.45) is 0 Å². The molecule has 0 aliphatic rings. The molecule has 1 amide bonds. The molecule has 2 unspecified atom stereocenters. The van der Waals surface area contributed by atoms with Gasteiger partial charge in [-0.2, -0.15) is 0 Å². The minimum atomic E-state index is -0.663. The van der Waals surface area contributed by atoms with Gasteiger partial charge < -0.3 is 20.3 Å². The number of unbranched alkanes of at least 4 members (excludes halogenated alkanes) is 64. The molecule has 0 aromatic carbocycles. The van der Waals surface area contributed by atoms with E-state index in [1.54, 1.807) is 0 Å². The SMILES string of the molecule is CCCCC/C=C\C/C=C\CCCCCCCCCCCC(=O)OCCCCCCCCCCCCCCCCCC/C=C\CCCCCCCCCCCCCCCCCCCC(=O)NC(CO)C(O)CCCCCCCCCCCCCCCCCCCCCC. The zero-order chi connectivity index (χ0) is 67.0. The number of hydrogen-bond acceptors (Lipinski definition) is 5. The molecule has 2 atom stereocenters. The molecule has 0 radical (unpaired) electrons. The molecule has 0 aromatic heterocycles. The first-order valence-corrected chi connectivity index (χ1v) is 42.7. The summed E-state index contributed by atoms with van der Waals surface area (Å²) in [5.74, 6) is -0.00719. The summed E-state index contributed by atoms with van der Waals surface area (Å²) in [5, 5.41) is 23.5. The van der Waals surface area contributed by atoms with Gasteiger partial charge in [0.25, 0.3) is 0 Å². The molecule has 0 spiro atoms. The van der Waals surface area contributed by atoms with E-state index in [0.717, 1.165) is 44.9 Å². The smallest absolute Gasteiger partial charge is 0.305 e. The number of aliphatic hydroxyl groups is 2. The second-order valence-corrected chi connectivity index (χ2v) is 29.5. The Bertz CT molecular complexity index is 1510. The molecule has 6 heteroatoms. The third kappa shape index (κ3) is 79.0. The molecule has 0 aliphatic heterocycles. The Balaban J connectivity index is 3.33. The summed E-state index contributed by atoms with van der Waals surface area (Å²) in [5.41, 5.74) is 0. The summed E-state index contributed by atoms with van der Waals surface area (Å²) in [6.45, 7) is 4.98. The summed E-state index contributed by atoms with van der Waals surface area (Å²) in [6, 6.07) is -0.539. The molecular formula is C87H167NO5. The lowest BCUT2D eigenvalue weighted by atomic mass is 10.0. The molecule has 0 bridgehead atoms. The fourth-order valence-electron chi connectivity index (χ4n) is 13.7. The van der Waals surface area contributed by atoms with E-state index in [0.29, 0.717) is 25.9 Å². The first kappa shape index (κ1) is 91.1. The van der Waals surface area contributed by atoms with Crippen LogP contribution in [0, 0.1) is 0 Å². The van der Waals surface area contributed by atoms with E-state index < -0.39 is 12.1 Å². The van der Waals surface area contributed by atoms with Crippen molar-refractivity contribution in [2.45, 2.75) is 495 Å². The van der Waals surface area contributed by atoms with E-state index in [9.17, 15) is 19.8 Å². The van der Waals surface area contributed by atoms with Crippen LogP contribution in [0.3, 0.4) is 0 Å². The van der Waals surface area contributed by atoms with Crippen LogP contribution in [-0.2, 0) is 14.3 Å². The van der Waals surface area contributed by atoms with Gasteiger partial charge in [0.15, 0.2) is 0 Å². The van der Waals surface area contributed by atoms with Crippen molar-refractivity contribution in [1.82, 2.24) is 5.32 Å². The van der Waals surface area contributed by atoms with Gasteiger partial charge in [0.05, 0.1) is 25.4 Å². The molecule has 0 heterocycles. The predicted molar refractivity (Wildman–Crippen MR) is 412 cm³/mol. The van der Waals surface area contributed by atoms with E-state index in [2.05, 4.69) is 55.6 Å². The van der Waals surface area contributed by atoms with Crippen LogP contribution in [-0.4, -0.2) is 47.4 Å². The highest BCUT2D eigenvalue weighted by Crippen LogP contribution is 2.20. The zero-order valence-electron chi connectivity index (χ0n) is 63.3. The number of ether oxygens (including phenoxy) is 1. The van der Waals surface area contributed by atoms with Gasteiger partial charge in [-0.3, -0.25) is 9.59 Å². The van der Waals surface area contributed by atoms with Crippen LogP contribution < -0.4 is 5.32 Å². The number of carbonyl (C=O) groups is 2. The summed E-state index contributed by atoms with van der Waals surface area (Å²) in [4.78, 5) is 24.7. The Kier molecular flexibility index (Phi) is 80.8. The quantitative estimate of drug-likeness (QED) is 0.0320. The first-order valence-electron chi connectivity index (χ1n) is 42.7. The Morgan fingerprint density at radius 2 is 0.538 bits per heavy atom. The maximum absolute atomic E-state index is 12.6. The highest BCUT2D eigenvalue weighted by Gasteiger charge is 2.20. The normalized spacial score (nSPS) is 12.6. The Morgan fingerprint density at radius 1 is 0.301 bits per heavy atom. The Labute approximate surface area is 583 Å². The van der Waals surface area contributed by atoms with Gasteiger partial charge in [0.1, 0.15) is 0 Å². The molecule has 0 rings (SSSR count). The third-order valence-corrected chi connectivity index (χ3v) is 20.2. The average molecular weight is 1310 g/mol. The molecule has 0 aromatic rings. The molecule has 0 saturated carbocycles. The highest BCUT2D eigenvalue weighted by molar-refractivity contribution is 5.76. The first-order chi connectivity index (χ1) is 46.0. The van der Waals surface area contributed by atoms with Gasteiger partial charge in [-0.15, -0.1) is 0 Å². The summed E-state index contributed by atoms with van der Waals surface area (Å²) < 4.78 is 5.52. The van der Waals surface area contributed by atoms with Gasteiger partial charge >= 0.3 is 5.97 Å². The van der Waals surface area contributed by atoms with Crippen LogP contribution in [0.2, 0.25) is 0 Å². The number of nitrogens with one attached hydrogen (secondary N) is 1. The minimum absolute atomic E-state index is 0.0186. The summed E-state index contributed by atoms with van der Waals surface area (Å²) in [7, 11) is 0. The average Bonchev–Trinajstić information content (AvgIpc) is 3.78. The van der Waals surface area contributed by atoms with Crippen molar-refractivity contribution < 1.29 is 24.5 Å². The lowest BCUT2D eigenvalue weighted by Crippen LogP contribution is -2.45. The van der Waals surface area contributed by atoms with Crippen LogP contribution in [0.15, 0.2) is 36.5 Å². The van der Waals surface area contributed by atoms with E-state index in [1.165, 1.54) is 405 Å². The van der Waals surface area contributed by atoms with Gasteiger partial charge in [0.2, 0.25) is 5.91 Å². The largest absolute Gasteiger partial charge is 0.466 e. The van der Waals surface area contributed by atoms with Crippen LogP contribution in [0.25, 0.3) is 0 Å². The molecule has 93 heavy (non-hydrogen) atoms. The summed E-state index contributed by atoms with van der Waals surface area (Å²) >= 11 is 0. The number of amides is 1. The molecule has 0 aliphatic carbocycles. The molecular weight excluding hydrogens is 1140 g/mol. The number of rotatable bonds is 81. The Hall–Kier alpha value is -1.92. The monoisotopic (exact) mass is 1310 g/mol. The van der Waals surface area contributed by atoms with Crippen LogP contribution >= 0.6 is 0 Å². The van der Waals surface area contributed by atoms with Crippen LogP contribution in [0.1, 0.15) is 483 Å². The van der Waals surface area contributed by atoms with Crippen molar-refractivity contribution in [1.29, 1.82) is 0 Å². The lowest BCUT2D eigenvalue weighted by Gasteiger charge is -2.22. The minimum Gasteiger partial charge on any atom is -0.466 e. The maximum atomic E-state index is 12.6. The number of allylic oxidation sites excluding steroid dienone is 6. The number of esters is 1. The second kappa shape index (κ2) is 82.5. The highest BCUT2D eigenvalue weighted by atomic mass is 16.5. The molecule has 0 fully saturated rings.